The molecule has 0 spiro atoms. The van der Waals surface area contributed by atoms with E-state index in [4.69, 9.17) is 0 Å². The summed E-state index contributed by atoms with van der Waals surface area (Å²) in [6.07, 6.45) is 4.78. The minimum absolute atomic E-state index is 0.197. The van der Waals surface area contributed by atoms with Crippen molar-refractivity contribution in [2.24, 2.45) is 0 Å². The van der Waals surface area contributed by atoms with E-state index in [0.29, 0.717) is 13.1 Å². The van der Waals surface area contributed by atoms with Crippen molar-refractivity contribution < 1.29 is 8.42 Å². The number of sulfone groups is 1. The van der Waals surface area contributed by atoms with Crippen LogP contribution in [0.5, 0.6) is 0 Å². The molecule has 1 aromatic heterocycles. The zero-order valence-electron chi connectivity index (χ0n) is 16.4. The highest BCUT2D eigenvalue weighted by molar-refractivity contribution is 7.91. The van der Waals surface area contributed by atoms with Gasteiger partial charge in [-0.2, -0.15) is 0 Å². The molecule has 0 aliphatic heterocycles. The first-order valence-electron chi connectivity index (χ1n) is 9.37. The van der Waals surface area contributed by atoms with Gasteiger partial charge in [0.15, 0.2) is 0 Å². The summed E-state index contributed by atoms with van der Waals surface area (Å²) >= 11 is 0. The average molecular weight is 378 g/mol. The molecule has 5 nitrogen and oxygen atoms in total. The first-order valence-corrected chi connectivity index (χ1v) is 10.9. The van der Waals surface area contributed by atoms with Gasteiger partial charge in [-0.1, -0.05) is 43.7 Å². The lowest BCUT2D eigenvalue weighted by molar-refractivity contribution is 0.310. The molecule has 2 aromatic rings. The summed E-state index contributed by atoms with van der Waals surface area (Å²) in [6, 6.07) is 10.1. The Labute approximate surface area is 158 Å². The lowest BCUT2D eigenvalue weighted by Gasteiger charge is -2.19. The van der Waals surface area contributed by atoms with E-state index in [-0.39, 0.29) is 5.16 Å². The minimum atomic E-state index is -3.41. The average Bonchev–Trinajstić information content (AvgIpc) is 3.02. The molecule has 1 heterocycles. The normalized spacial score (nSPS) is 12.2. The Kier molecular flexibility index (Phi) is 7.41. The Hall–Kier alpha value is -1.66. The number of imidazole rings is 1. The number of aryl methyl sites for hydroxylation is 1. The third kappa shape index (κ3) is 5.17. The number of rotatable bonds is 10. The third-order valence-corrected chi connectivity index (χ3v) is 6.64. The van der Waals surface area contributed by atoms with Gasteiger partial charge >= 0.3 is 0 Å². The summed E-state index contributed by atoms with van der Waals surface area (Å²) in [4.78, 5) is 6.53. The second kappa shape index (κ2) is 9.33. The zero-order chi connectivity index (χ0) is 19.2. The SMILES string of the molecule is CCCCN(C)Cc1cnc(S(=O)(=O)C(C)C)n1CCc1ccccc1. The van der Waals surface area contributed by atoms with Crippen molar-refractivity contribution in [1.29, 1.82) is 0 Å². The molecule has 0 saturated carbocycles. The minimum Gasteiger partial charge on any atom is -0.317 e. The zero-order valence-corrected chi connectivity index (χ0v) is 17.2. The molecule has 144 valence electrons. The molecule has 26 heavy (non-hydrogen) atoms. The molecule has 6 heteroatoms. The van der Waals surface area contributed by atoms with Gasteiger partial charge in [0.1, 0.15) is 0 Å². The summed E-state index contributed by atoms with van der Waals surface area (Å²) < 4.78 is 27.4. The maximum absolute atomic E-state index is 12.7. The van der Waals surface area contributed by atoms with Crippen LogP contribution in [-0.4, -0.2) is 41.7 Å². The first kappa shape index (κ1) is 20.6. The first-order chi connectivity index (χ1) is 12.4. The molecule has 0 radical (unpaired) electrons. The molecule has 0 bridgehead atoms. The number of aromatic nitrogens is 2. The molecule has 0 saturated heterocycles. The van der Waals surface area contributed by atoms with Crippen LogP contribution in [0.15, 0.2) is 41.7 Å². The van der Waals surface area contributed by atoms with Crippen molar-refractivity contribution in [3.05, 3.63) is 47.8 Å². The summed E-state index contributed by atoms with van der Waals surface area (Å²) in [5.41, 5.74) is 2.15. The maximum Gasteiger partial charge on any atom is 0.228 e. The van der Waals surface area contributed by atoms with Crippen LogP contribution in [0, 0.1) is 0 Å². The van der Waals surface area contributed by atoms with E-state index in [9.17, 15) is 8.42 Å². The predicted octanol–water partition coefficient (Wildman–Crippen LogP) is 3.54. The highest BCUT2D eigenvalue weighted by Crippen LogP contribution is 2.19. The van der Waals surface area contributed by atoms with Gasteiger partial charge in [-0.15, -0.1) is 0 Å². The third-order valence-electron chi connectivity index (χ3n) is 4.57. The van der Waals surface area contributed by atoms with Crippen molar-refractivity contribution in [2.75, 3.05) is 13.6 Å². The van der Waals surface area contributed by atoms with E-state index in [2.05, 4.69) is 36.0 Å². The van der Waals surface area contributed by atoms with E-state index in [1.54, 1.807) is 20.0 Å². The molecule has 0 amide bonds. The Balaban J connectivity index is 2.28. The van der Waals surface area contributed by atoms with Gasteiger partial charge in [0.2, 0.25) is 15.0 Å². The summed E-state index contributed by atoms with van der Waals surface area (Å²) in [7, 11) is -1.34. The highest BCUT2D eigenvalue weighted by Gasteiger charge is 2.26. The van der Waals surface area contributed by atoms with E-state index in [1.165, 1.54) is 5.56 Å². The van der Waals surface area contributed by atoms with Crippen LogP contribution in [0.1, 0.15) is 44.9 Å². The Bertz CT molecular complexity index is 783. The fourth-order valence-electron chi connectivity index (χ4n) is 2.86. The Morgan fingerprint density at radius 2 is 1.88 bits per heavy atom. The highest BCUT2D eigenvalue weighted by atomic mass is 32.2. The molecule has 0 aliphatic rings. The topological polar surface area (TPSA) is 55.2 Å². The van der Waals surface area contributed by atoms with Crippen molar-refractivity contribution in [3.8, 4) is 0 Å². The van der Waals surface area contributed by atoms with Gasteiger partial charge in [0.25, 0.3) is 0 Å². The Morgan fingerprint density at radius 3 is 2.50 bits per heavy atom. The van der Waals surface area contributed by atoms with E-state index in [0.717, 1.165) is 31.5 Å². The molecule has 0 unspecified atom stereocenters. The number of unbranched alkanes of at least 4 members (excludes halogenated alkanes) is 1. The monoisotopic (exact) mass is 377 g/mol. The predicted molar refractivity (Wildman–Crippen MR) is 106 cm³/mol. The van der Waals surface area contributed by atoms with Crippen LogP contribution in [0.4, 0.5) is 0 Å². The van der Waals surface area contributed by atoms with E-state index >= 15 is 0 Å². The van der Waals surface area contributed by atoms with Gasteiger partial charge in [-0.25, -0.2) is 13.4 Å². The summed E-state index contributed by atoms with van der Waals surface area (Å²) in [5, 5.41) is -0.284. The van der Waals surface area contributed by atoms with E-state index in [1.807, 2.05) is 22.8 Å². The van der Waals surface area contributed by atoms with Crippen molar-refractivity contribution in [3.63, 3.8) is 0 Å². The molecule has 0 atom stereocenters. The Morgan fingerprint density at radius 1 is 1.19 bits per heavy atom. The lowest BCUT2D eigenvalue weighted by Crippen LogP contribution is -2.24. The van der Waals surface area contributed by atoms with Crippen LogP contribution in [0.2, 0.25) is 0 Å². The fourth-order valence-corrected chi connectivity index (χ4v) is 4.00. The second-order valence-corrected chi connectivity index (χ2v) is 9.50. The van der Waals surface area contributed by atoms with Gasteiger partial charge < -0.3 is 9.47 Å². The van der Waals surface area contributed by atoms with Crippen LogP contribution >= 0.6 is 0 Å². The quantitative estimate of drug-likeness (QED) is 0.635. The lowest BCUT2D eigenvalue weighted by atomic mass is 10.1. The second-order valence-electron chi connectivity index (χ2n) is 7.10. The van der Waals surface area contributed by atoms with Crippen LogP contribution < -0.4 is 0 Å². The number of benzene rings is 1. The van der Waals surface area contributed by atoms with Gasteiger partial charge in [-0.05, 0) is 45.8 Å². The smallest absolute Gasteiger partial charge is 0.228 e. The largest absolute Gasteiger partial charge is 0.317 e. The van der Waals surface area contributed by atoms with E-state index < -0.39 is 15.1 Å². The fraction of sp³-hybridized carbons (Fsp3) is 0.550. The molecule has 0 N–H and O–H groups in total. The maximum atomic E-state index is 12.7. The number of hydrogen-bond acceptors (Lipinski definition) is 4. The molecule has 2 rings (SSSR count). The number of nitrogens with zero attached hydrogens (tertiary/aromatic N) is 3. The molecular weight excluding hydrogens is 346 g/mol. The van der Waals surface area contributed by atoms with Crippen molar-refractivity contribution >= 4 is 9.84 Å². The number of hydrogen-bond donors (Lipinski definition) is 0. The standard InChI is InChI=1S/C20H31N3O2S/c1-5-6-13-22(4)16-19-15-21-20(26(24,25)17(2)3)23(19)14-12-18-10-8-7-9-11-18/h7-11,15,17H,5-6,12-14,16H2,1-4H3. The van der Waals surface area contributed by atoms with Crippen LogP contribution in [0.25, 0.3) is 0 Å². The van der Waals surface area contributed by atoms with Crippen molar-refractivity contribution in [1.82, 2.24) is 14.5 Å². The van der Waals surface area contributed by atoms with Gasteiger partial charge in [0.05, 0.1) is 17.1 Å². The summed E-state index contributed by atoms with van der Waals surface area (Å²) in [5.74, 6) is 0. The molecule has 0 aliphatic carbocycles. The van der Waals surface area contributed by atoms with Gasteiger partial charge in [-0.3, -0.25) is 0 Å². The summed E-state index contributed by atoms with van der Waals surface area (Å²) in [6.45, 7) is 7.90. The van der Waals surface area contributed by atoms with Crippen molar-refractivity contribution in [2.45, 2.75) is 63.5 Å². The molecular formula is C20H31N3O2S. The molecule has 0 fully saturated rings. The van der Waals surface area contributed by atoms with Crippen LogP contribution in [-0.2, 0) is 29.3 Å². The van der Waals surface area contributed by atoms with Gasteiger partial charge in [0, 0.05) is 13.1 Å². The molecule has 1 aromatic carbocycles. The van der Waals surface area contributed by atoms with Crippen LogP contribution in [0.3, 0.4) is 0 Å².